The quantitative estimate of drug-likeness (QED) is 0.676. The molecule has 0 unspecified atom stereocenters. The van der Waals surface area contributed by atoms with Crippen molar-refractivity contribution in [2.24, 2.45) is 0 Å². The van der Waals surface area contributed by atoms with E-state index in [1.807, 2.05) is 11.3 Å². The summed E-state index contributed by atoms with van der Waals surface area (Å²) in [5.74, 6) is 0. The molecule has 3 rings (SSSR count). The van der Waals surface area contributed by atoms with Crippen LogP contribution in [0.15, 0.2) is 66.0 Å². The standard InChI is InChI=1S/C19H19NS/c1-15-11-12-21-19(15)14-20-18-10-6-5-9-17(18)13-16-7-3-2-4-8-16/h2-12,20H,13-14H2,1H3. The molecule has 3 aromatic rings. The molecule has 2 heteroatoms. The smallest absolute Gasteiger partial charge is 0.0496 e. The Morgan fingerprint density at radius 1 is 0.905 bits per heavy atom. The van der Waals surface area contributed by atoms with Gasteiger partial charge in [-0.25, -0.2) is 0 Å². The van der Waals surface area contributed by atoms with Crippen LogP contribution < -0.4 is 5.32 Å². The van der Waals surface area contributed by atoms with Gasteiger partial charge in [-0.1, -0.05) is 48.5 Å². The number of benzene rings is 2. The summed E-state index contributed by atoms with van der Waals surface area (Å²) in [7, 11) is 0. The van der Waals surface area contributed by atoms with Crippen LogP contribution in [0.1, 0.15) is 21.6 Å². The summed E-state index contributed by atoms with van der Waals surface area (Å²) in [4.78, 5) is 1.41. The third kappa shape index (κ3) is 3.53. The largest absolute Gasteiger partial charge is 0.380 e. The fraction of sp³-hybridized carbons (Fsp3) is 0.158. The number of hydrogen-bond acceptors (Lipinski definition) is 2. The van der Waals surface area contributed by atoms with Crippen LogP contribution in [0.25, 0.3) is 0 Å². The molecule has 0 fully saturated rings. The number of hydrogen-bond donors (Lipinski definition) is 1. The first-order valence-electron chi connectivity index (χ1n) is 7.21. The SMILES string of the molecule is Cc1ccsc1CNc1ccccc1Cc1ccccc1. The minimum absolute atomic E-state index is 0.898. The average Bonchev–Trinajstić information content (AvgIpc) is 2.93. The van der Waals surface area contributed by atoms with Crippen molar-refractivity contribution in [1.82, 2.24) is 0 Å². The predicted octanol–water partition coefficient (Wildman–Crippen LogP) is 5.26. The molecule has 1 aromatic heterocycles. The molecule has 1 heterocycles. The van der Waals surface area contributed by atoms with Crippen molar-refractivity contribution in [2.75, 3.05) is 5.32 Å². The number of nitrogens with one attached hydrogen (secondary N) is 1. The van der Waals surface area contributed by atoms with E-state index in [1.54, 1.807) is 0 Å². The van der Waals surface area contributed by atoms with Gasteiger partial charge in [0.05, 0.1) is 0 Å². The maximum atomic E-state index is 3.59. The van der Waals surface area contributed by atoms with E-state index in [9.17, 15) is 0 Å². The second-order valence-electron chi connectivity index (χ2n) is 5.20. The highest BCUT2D eigenvalue weighted by Gasteiger charge is 2.04. The van der Waals surface area contributed by atoms with Crippen LogP contribution >= 0.6 is 11.3 Å². The highest BCUT2D eigenvalue weighted by atomic mass is 32.1. The predicted molar refractivity (Wildman–Crippen MR) is 92.1 cm³/mol. The molecule has 0 aliphatic heterocycles. The Hall–Kier alpha value is -2.06. The van der Waals surface area contributed by atoms with Crippen LogP contribution in [0.4, 0.5) is 5.69 Å². The molecule has 21 heavy (non-hydrogen) atoms. The first kappa shape index (κ1) is 13.9. The van der Waals surface area contributed by atoms with Crippen molar-refractivity contribution in [3.05, 3.63) is 87.6 Å². The maximum absolute atomic E-state index is 3.59. The lowest BCUT2D eigenvalue weighted by Gasteiger charge is -2.12. The van der Waals surface area contributed by atoms with Crippen LogP contribution in [-0.2, 0) is 13.0 Å². The van der Waals surface area contributed by atoms with Crippen molar-refractivity contribution in [1.29, 1.82) is 0 Å². The van der Waals surface area contributed by atoms with Gasteiger partial charge in [0.1, 0.15) is 0 Å². The molecule has 0 saturated heterocycles. The van der Waals surface area contributed by atoms with Gasteiger partial charge in [0.2, 0.25) is 0 Å². The van der Waals surface area contributed by atoms with E-state index in [-0.39, 0.29) is 0 Å². The molecule has 0 saturated carbocycles. The first-order chi connectivity index (χ1) is 10.3. The summed E-state index contributed by atoms with van der Waals surface area (Å²) >= 11 is 1.82. The fourth-order valence-electron chi connectivity index (χ4n) is 2.42. The van der Waals surface area contributed by atoms with Crippen molar-refractivity contribution in [2.45, 2.75) is 19.9 Å². The summed E-state index contributed by atoms with van der Waals surface area (Å²) in [6.45, 7) is 3.07. The van der Waals surface area contributed by atoms with E-state index in [0.717, 1.165) is 13.0 Å². The third-order valence-electron chi connectivity index (χ3n) is 3.66. The molecule has 0 aliphatic rings. The van der Waals surface area contributed by atoms with E-state index in [0.29, 0.717) is 0 Å². The second kappa shape index (κ2) is 6.59. The number of rotatable bonds is 5. The van der Waals surface area contributed by atoms with Crippen molar-refractivity contribution in [3.8, 4) is 0 Å². The fourth-order valence-corrected chi connectivity index (χ4v) is 3.27. The Morgan fingerprint density at radius 3 is 2.43 bits per heavy atom. The van der Waals surface area contributed by atoms with E-state index in [2.05, 4.69) is 78.3 Å². The van der Waals surface area contributed by atoms with E-state index >= 15 is 0 Å². The zero-order valence-electron chi connectivity index (χ0n) is 12.2. The summed E-state index contributed by atoms with van der Waals surface area (Å²) in [5.41, 5.74) is 5.29. The maximum Gasteiger partial charge on any atom is 0.0496 e. The zero-order valence-corrected chi connectivity index (χ0v) is 13.0. The molecule has 0 aliphatic carbocycles. The van der Waals surface area contributed by atoms with Crippen molar-refractivity contribution >= 4 is 17.0 Å². The van der Waals surface area contributed by atoms with Crippen LogP contribution in [-0.4, -0.2) is 0 Å². The van der Waals surface area contributed by atoms with Gasteiger partial charge < -0.3 is 5.32 Å². The van der Waals surface area contributed by atoms with E-state index in [4.69, 9.17) is 0 Å². The number of thiophene rings is 1. The Balaban J connectivity index is 1.75. The molecule has 0 atom stereocenters. The highest BCUT2D eigenvalue weighted by Crippen LogP contribution is 2.22. The Kier molecular flexibility index (Phi) is 4.37. The molecule has 0 radical (unpaired) electrons. The monoisotopic (exact) mass is 293 g/mol. The van der Waals surface area contributed by atoms with E-state index < -0.39 is 0 Å². The van der Waals surface area contributed by atoms with E-state index in [1.165, 1.54) is 27.3 Å². The highest BCUT2D eigenvalue weighted by molar-refractivity contribution is 7.10. The lowest BCUT2D eigenvalue weighted by molar-refractivity contribution is 1.12. The molecular weight excluding hydrogens is 274 g/mol. The molecule has 0 amide bonds. The van der Waals surface area contributed by atoms with Crippen LogP contribution in [0.3, 0.4) is 0 Å². The van der Waals surface area contributed by atoms with Gasteiger partial charge in [0.25, 0.3) is 0 Å². The summed E-state index contributed by atoms with van der Waals surface area (Å²) in [5, 5.41) is 5.74. The summed E-state index contributed by atoms with van der Waals surface area (Å²) < 4.78 is 0. The molecular formula is C19H19NS. The van der Waals surface area contributed by atoms with Crippen molar-refractivity contribution < 1.29 is 0 Å². The Morgan fingerprint density at radius 2 is 1.67 bits per heavy atom. The molecule has 1 N–H and O–H groups in total. The minimum atomic E-state index is 0.898. The van der Waals surface area contributed by atoms with Gasteiger partial charge in [-0.05, 0) is 47.5 Å². The van der Waals surface area contributed by atoms with Gasteiger partial charge in [-0.2, -0.15) is 0 Å². The van der Waals surface area contributed by atoms with Crippen LogP contribution in [0.5, 0.6) is 0 Å². The summed E-state index contributed by atoms with van der Waals surface area (Å²) in [6, 6.07) is 21.4. The second-order valence-corrected chi connectivity index (χ2v) is 6.20. The normalized spacial score (nSPS) is 10.5. The Bertz CT molecular complexity index is 700. The molecule has 106 valence electrons. The number of para-hydroxylation sites is 1. The summed E-state index contributed by atoms with van der Waals surface area (Å²) in [6.07, 6.45) is 0.966. The van der Waals surface area contributed by atoms with Crippen LogP contribution in [0.2, 0.25) is 0 Å². The van der Waals surface area contributed by atoms with Gasteiger partial charge in [-0.3, -0.25) is 0 Å². The van der Waals surface area contributed by atoms with Crippen molar-refractivity contribution in [3.63, 3.8) is 0 Å². The topological polar surface area (TPSA) is 12.0 Å². The molecule has 2 aromatic carbocycles. The molecule has 1 nitrogen and oxygen atoms in total. The van der Waals surface area contributed by atoms with Gasteiger partial charge in [-0.15, -0.1) is 11.3 Å². The van der Waals surface area contributed by atoms with Gasteiger partial charge >= 0.3 is 0 Å². The number of aryl methyl sites for hydroxylation is 1. The Labute approximate surface area is 130 Å². The lowest BCUT2D eigenvalue weighted by Crippen LogP contribution is -2.02. The number of anilines is 1. The first-order valence-corrected chi connectivity index (χ1v) is 8.09. The van der Waals surface area contributed by atoms with Gasteiger partial charge in [0.15, 0.2) is 0 Å². The third-order valence-corrected chi connectivity index (χ3v) is 4.69. The molecule has 0 spiro atoms. The lowest BCUT2D eigenvalue weighted by atomic mass is 10.0. The minimum Gasteiger partial charge on any atom is -0.380 e. The average molecular weight is 293 g/mol. The zero-order chi connectivity index (χ0) is 14.5. The molecule has 0 bridgehead atoms. The van der Waals surface area contributed by atoms with Crippen LogP contribution in [0, 0.1) is 6.92 Å². The van der Waals surface area contributed by atoms with Gasteiger partial charge in [0, 0.05) is 17.1 Å².